The van der Waals surface area contributed by atoms with Crippen molar-refractivity contribution in [1.82, 2.24) is 19.9 Å². The maximum Gasteiger partial charge on any atom is 0.354 e. The number of esters is 1. The summed E-state index contributed by atoms with van der Waals surface area (Å²) in [4.78, 5) is 53.2. The SMILES string of the molecule is COC(=O)c1ccc(/C=C2\C(=O)N(Cc3ncc(C)c(OC)c3C)c3nc(N)[nH]c(=O)c32)[nH]1. The van der Waals surface area contributed by atoms with E-state index in [2.05, 4.69) is 24.7 Å². The maximum atomic E-state index is 13.4. The summed E-state index contributed by atoms with van der Waals surface area (Å²) in [6.07, 6.45) is 3.14. The van der Waals surface area contributed by atoms with Crippen LogP contribution in [0.25, 0.3) is 11.6 Å². The average Bonchev–Trinajstić information content (AvgIpc) is 3.34. The number of anilines is 2. The largest absolute Gasteiger partial charge is 0.496 e. The number of nitrogen functional groups attached to an aromatic ring is 1. The number of aromatic amines is 2. The Labute approximate surface area is 188 Å². The summed E-state index contributed by atoms with van der Waals surface area (Å²) in [5.74, 6) is -0.322. The maximum absolute atomic E-state index is 13.4. The number of nitrogens with one attached hydrogen (secondary N) is 2. The molecule has 0 aromatic carbocycles. The molecule has 0 saturated heterocycles. The van der Waals surface area contributed by atoms with Crippen LogP contribution in [0, 0.1) is 13.8 Å². The number of carbonyl (C=O) groups is 2. The van der Waals surface area contributed by atoms with Crippen LogP contribution in [0.15, 0.2) is 23.1 Å². The number of rotatable bonds is 5. The molecule has 0 radical (unpaired) electrons. The van der Waals surface area contributed by atoms with E-state index in [0.29, 0.717) is 17.1 Å². The van der Waals surface area contributed by atoms with Crippen LogP contribution in [0.3, 0.4) is 0 Å². The highest BCUT2D eigenvalue weighted by atomic mass is 16.5. The van der Waals surface area contributed by atoms with Gasteiger partial charge in [0.2, 0.25) is 5.95 Å². The van der Waals surface area contributed by atoms with Gasteiger partial charge in [-0.05, 0) is 32.1 Å². The minimum Gasteiger partial charge on any atom is -0.496 e. The Bertz CT molecular complexity index is 1370. The summed E-state index contributed by atoms with van der Waals surface area (Å²) < 4.78 is 10.1. The van der Waals surface area contributed by atoms with Crippen molar-refractivity contribution >= 4 is 35.3 Å². The lowest BCUT2D eigenvalue weighted by atomic mass is 10.1. The van der Waals surface area contributed by atoms with E-state index in [-0.39, 0.29) is 35.1 Å². The van der Waals surface area contributed by atoms with Gasteiger partial charge in [0, 0.05) is 23.0 Å². The highest BCUT2D eigenvalue weighted by molar-refractivity contribution is 6.35. The summed E-state index contributed by atoms with van der Waals surface area (Å²) in [6.45, 7) is 3.78. The summed E-state index contributed by atoms with van der Waals surface area (Å²) in [5, 5.41) is 0. The molecule has 3 aromatic rings. The second-order valence-corrected chi connectivity index (χ2v) is 7.46. The minimum absolute atomic E-state index is 0.0552. The van der Waals surface area contributed by atoms with Crippen molar-refractivity contribution in [3.8, 4) is 5.75 Å². The van der Waals surface area contributed by atoms with Crippen LogP contribution in [0.2, 0.25) is 0 Å². The van der Waals surface area contributed by atoms with E-state index in [1.54, 1.807) is 19.4 Å². The fourth-order valence-corrected chi connectivity index (χ4v) is 3.81. The number of nitrogens with zero attached hydrogens (tertiary/aromatic N) is 3. The number of ether oxygens (including phenoxy) is 2. The predicted octanol–water partition coefficient (Wildman–Crippen LogP) is 1.57. The molecule has 170 valence electrons. The number of methoxy groups -OCH3 is 2. The smallest absolute Gasteiger partial charge is 0.354 e. The van der Waals surface area contributed by atoms with Crippen molar-refractivity contribution in [1.29, 1.82) is 0 Å². The summed E-state index contributed by atoms with van der Waals surface area (Å²) in [7, 11) is 2.83. The Morgan fingerprint density at radius 1 is 1.21 bits per heavy atom. The first-order valence-electron chi connectivity index (χ1n) is 9.95. The van der Waals surface area contributed by atoms with Crippen molar-refractivity contribution in [2.24, 2.45) is 0 Å². The van der Waals surface area contributed by atoms with Gasteiger partial charge in [-0.2, -0.15) is 4.98 Å². The molecular formula is C22H22N6O5. The zero-order chi connectivity index (χ0) is 23.9. The third-order valence-electron chi connectivity index (χ3n) is 5.39. The standard InChI is InChI=1S/C22H22N6O5/c1-10-8-24-15(11(2)17(10)32-3)9-28-18-16(19(29)27-22(23)26-18)13(20(28)30)7-12-5-6-14(25-12)21(31)33-4/h5-8,25H,9H2,1-4H3,(H3,23,26,27,29)/b13-7-. The third kappa shape index (κ3) is 3.73. The molecule has 0 fully saturated rings. The first-order valence-corrected chi connectivity index (χ1v) is 9.95. The Hall–Kier alpha value is -4.41. The molecule has 0 saturated carbocycles. The van der Waals surface area contributed by atoms with E-state index in [9.17, 15) is 14.4 Å². The van der Waals surface area contributed by atoms with Gasteiger partial charge in [0.05, 0.1) is 37.6 Å². The van der Waals surface area contributed by atoms with E-state index in [4.69, 9.17) is 10.5 Å². The van der Waals surface area contributed by atoms with Gasteiger partial charge >= 0.3 is 5.97 Å². The van der Waals surface area contributed by atoms with Crippen molar-refractivity contribution in [3.63, 3.8) is 0 Å². The number of nitrogens with two attached hydrogens (primary N) is 1. The molecule has 1 amide bonds. The molecule has 4 N–H and O–H groups in total. The number of amides is 1. The predicted molar refractivity (Wildman–Crippen MR) is 121 cm³/mol. The quantitative estimate of drug-likeness (QED) is 0.391. The first kappa shape index (κ1) is 21.8. The van der Waals surface area contributed by atoms with Crippen molar-refractivity contribution in [3.05, 3.63) is 62.5 Å². The van der Waals surface area contributed by atoms with Crippen molar-refractivity contribution in [2.75, 3.05) is 24.9 Å². The molecule has 0 spiro atoms. The lowest BCUT2D eigenvalue weighted by Gasteiger charge is -2.18. The Morgan fingerprint density at radius 3 is 2.67 bits per heavy atom. The van der Waals surface area contributed by atoms with Crippen LogP contribution >= 0.6 is 0 Å². The number of aryl methyl sites for hydroxylation is 1. The van der Waals surface area contributed by atoms with E-state index < -0.39 is 17.4 Å². The van der Waals surface area contributed by atoms with Gasteiger partial charge in [0.15, 0.2) is 5.82 Å². The molecular weight excluding hydrogens is 428 g/mol. The van der Waals surface area contributed by atoms with Gasteiger partial charge in [0.25, 0.3) is 11.5 Å². The highest BCUT2D eigenvalue weighted by Gasteiger charge is 2.37. The molecule has 11 heteroatoms. The minimum atomic E-state index is -0.554. The number of fused-ring (bicyclic) bond motifs is 1. The molecule has 33 heavy (non-hydrogen) atoms. The second kappa shape index (κ2) is 8.26. The molecule has 1 aliphatic rings. The molecule has 11 nitrogen and oxygen atoms in total. The first-order chi connectivity index (χ1) is 15.7. The summed E-state index contributed by atoms with van der Waals surface area (Å²) in [6, 6.07) is 3.12. The number of pyridine rings is 1. The highest BCUT2D eigenvalue weighted by Crippen LogP contribution is 2.36. The Morgan fingerprint density at radius 2 is 1.97 bits per heavy atom. The molecule has 3 aromatic heterocycles. The monoisotopic (exact) mass is 450 g/mol. The summed E-state index contributed by atoms with van der Waals surface area (Å²) >= 11 is 0. The fraction of sp³-hybridized carbons (Fsp3) is 0.227. The number of hydrogen-bond donors (Lipinski definition) is 3. The van der Waals surface area contributed by atoms with Crippen LogP contribution in [-0.4, -0.2) is 46.0 Å². The zero-order valence-corrected chi connectivity index (χ0v) is 18.5. The van der Waals surface area contributed by atoms with Crippen LogP contribution in [0.4, 0.5) is 11.8 Å². The van der Waals surface area contributed by atoms with Crippen LogP contribution in [0.1, 0.15) is 38.6 Å². The molecule has 4 heterocycles. The number of carbonyl (C=O) groups excluding carboxylic acids is 2. The van der Waals surface area contributed by atoms with E-state index in [0.717, 1.165) is 11.1 Å². The fourth-order valence-electron chi connectivity index (χ4n) is 3.81. The zero-order valence-electron chi connectivity index (χ0n) is 18.5. The van der Waals surface area contributed by atoms with Gasteiger partial charge in [-0.3, -0.25) is 24.5 Å². The van der Waals surface area contributed by atoms with Gasteiger partial charge in [-0.25, -0.2) is 4.79 Å². The van der Waals surface area contributed by atoms with E-state index in [1.807, 2.05) is 13.8 Å². The van der Waals surface area contributed by atoms with Crippen LogP contribution < -0.4 is 20.9 Å². The number of H-pyrrole nitrogens is 2. The Kier molecular flexibility index (Phi) is 5.46. The van der Waals surface area contributed by atoms with Gasteiger partial charge in [0.1, 0.15) is 11.4 Å². The van der Waals surface area contributed by atoms with Crippen molar-refractivity contribution < 1.29 is 19.1 Å². The number of aromatic nitrogens is 4. The molecule has 0 aliphatic carbocycles. The normalized spacial score (nSPS) is 14.0. The van der Waals surface area contributed by atoms with Gasteiger partial charge in [-0.1, -0.05) is 0 Å². The topological polar surface area (TPSA) is 156 Å². The number of hydrogen-bond acceptors (Lipinski definition) is 8. The average molecular weight is 450 g/mol. The van der Waals surface area contributed by atoms with Crippen molar-refractivity contribution in [2.45, 2.75) is 20.4 Å². The van der Waals surface area contributed by atoms with Gasteiger partial charge in [-0.15, -0.1) is 0 Å². The molecule has 0 bridgehead atoms. The van der Waals surface area contributed by atoms with Crippen LogP contribution in [-0.2, 0) is 16.1 Å². The molecule has 1 aliphatic heterocycles. The van der Waals surface area contributed by atoms with E-state index >= 15 is 0 Å². The Balaban J connectivity index is 1.81. The lowest BCUT2D eigenvalue weighted by Crippen LogP contribution is -2.28. The lowest BCUT2D eigenvalue weighted by molar-refractivity contribution is -0.113. The molecule has 0 atom stereocenters. The molecule has 4 rings (SSSR count). The second-order valence-electron chi connectivity index (χ2n) is 7.46. The van der Waals surface area contributed by atoms with Gasteiger partial charge < -0.3 is 20.2 Å². The molecule has 0 unspecified atom stereocenters. The van der Waals surface area contributed by atoms with E-state index in [1.165, 1.54) is 24.2 Å². The summed E-state index contributed by atoms with van der Waals surface area (Å²) in [5.41, 5.74) is 8.27. The third-order valence-corrected chi connectivity index (χ3v) is 5.39. The van der Waals surface area contributed by atoms with Crippen LogP contribution in [0.5, 0.6) is 5.75 Å².